The minimum Gasteiger partial charge on any atom is -0.369 e. The Labute approximate surface area is 106 Å². The van der Waals surface area contributed by atoms with Crippen LogP contribution in [0.1, 0.15) is 25.5 Å². The molecule has 1 aliphatic heterocycles. The van der Waals surface area contributed by atoms with Crippen molar-refractivity contribution >= 4 is 23.5 Å². The number of nitrogens with one attached hydrogen (secondary N) is 2. The lowest BCUT2D eigenvalue weighted by Gasteiger charge is -2.23. The molecule has 0 bridgehead atoms. The number of aromatic nitrogens is 2. The zero-order valence-corrected chi connectivity index (χ0v) is 11.1. The maximum atomic E-state index is 5.32. The van der Waals surface area contributed by atoms with Crippen LogP contribution in [0.15, 0.2) is 6.07 Å². The van der Waals surface area contributed by atoms with Gasteiger partial charge in [-0.3, -0.25) is 5.43 Å². The van der Waals surface area contributed by atoms with E-state index in [1.165, 1.54) is 18.6 Å². The number of hydrogen-bond acceptors (Lipinski definition) is 6. The molecule has 1 saturated heterocycles. The van der Waals surface area contributed by atoms with Gasteiger partial charge >= 0.3 is 0 Å². The summed E-state index contributed by atoms with van der Waals surface area (Å²) in [6.07, 6.45) is 2.57. The topological polar surface area (TPSA) is 75.9 Å². The van der Waals surface area contributed by atoms with E-state index in [4.69, 9.17) is 5.84 Å². The van der Waals surface area contributed by atoms with Gasteiger partial charge in [-0.05, 0) is 32.4 Å². The van der Waals surface area contributed by atoms with Crippen molar-refractivity contribution in [3.8, 4) is 0 Å². The fraction of sp³-hybridized carbons (Fsp3) is 0.636. The second-order valence-corrected chi connectivity index (χ2v) is 6.30. The Kier molecular flexibility index (Phi) is 3.73. The molecular formula is C11H19N5S. The predicted molar refractivity (Wildman–Crippen MR) is 73.2 cm³/mol. The second-order valence-electron chi connectivity index (χ2n) is 4.62. The van der Waals surface area contributed by atoms with Gasteiger partial charge in [0, 0.05) is 23.1 Å². The predicted octanol–water partition coefficient (Wildman–Crippen LogP) is 1.77. The molecule has 5 nitrogen and oxygen atoms in total. The molecule has 2 rings (SSSR count). The number of anilines is 2. The van der Waals surface area contributed by atoms with Crippen molar-refractivity contribution in [2.24, 2.45) is 5.84 Å². The van der Waals surface area contributed by atoms with Gasteiger partial charge in [0.1, 0.15) is 5.82 Å². The first-order valence-electron chi connectivity index (χ1n) is 5.81. The van der Waals surface area contributed by atoms with Crippen LogP contribution in [0.4, 0.5) is 11.8 Å². The summed E-state index contributed by atoms with van der Waals surface area (Å²) in [4.78, 5) is 8.43. The Morgan fingerprint density at radius 3 is 3.00 bits per heavy atom. The normalized spacial score (nSPS) is 23.7. The molecule has 0 saturated carbocycles. The standard InChI is InChI=1S/C11H19N5S/c1-8-6-9(15-10(14-8)16-12)13-7-11(2)4-3-5-17-11/h6H,3-5,7,12H2,1-2H3,(H2,13,14,15,16). The van der Waals surface area contributed by atoms with Crippen LogP contribution in [0.3, 0.4) is 0 Å². The van der Waals surface area contributed by atoms with E-state index >= 15 is 0 Å². The third-order valence-corrected chi connectivity index (χ3v) is 4.47. The highest BCUT2D eigenvalue weighted by molar-refractivity contribution is 8.00. The van der Waals surface area contributed by atoms with Crippen LogP contribution in [0.25, 0.3) is 0 Å². The number of hydrogen-bond donors (Lipinski definition) is 3. The number of rotatable bonds is 4. The summed E-state index contributed by atoms with van der Waals surface area (Å²) in [5.41, 5.74) is 3.38. The summed E-state index contributed by atoms with van der Waals surface area (Å²) >= 11 is 2.03. The van der Waals surface area contributed by atoms with Gasteiger partial charge in [0.15, 0.2) is 0 Å². The van der Waals surface area contributed by atoms with Crippen LogP contribution in [0, 0.1) is 6.92 Å². The number of nitrogen functional groups attached to an aromatic ring is 1. The maximum Gasteiger partial charge on any atom is 0.239 e. The van der Waals surface area contributed by atoms with Gasteiger partial charge in [-0.15, -0.1) is 0 Å². The first kappa shape index (κ1) is 12.4. The van der Waals surface area contributed by atoms with E-state index < -0.39 is 0 Å². The molecule has 2 heterocycles. The van der Waals surface area contributed by atoms with E-state index in [0.29, 0.717) is 10.7 Å². The molecule has 6 heteroatoms. The number of nitrogens with zero attached hydrogens (tertiary/aromatic N) is 2. The quantitative estimate of drug-likeness (QED) is 0.561. The Morgan fingerprint density at radius 1 is 1.53 bits per heavy atom. The van der Waals surface area contributed by atoms with Gasteiger partial charge < -0.3 is 5.32 Å². The van der Waals surface area contributed by atoms with Crippen LogP contribution in [-0.4, -0.2) is 27.0 Å². The van der Waals surface area contributed by atoms with Crippen LogP contribution in [0.5, 0.6) is 0 Å². The molecule has 0 aromatic carbocycles. The van der Waals surface area contributed by atoms with Crippen molar-refractivity contribution in [1.29, 1.82) is 0 Å². The molecule has 1 fully saturated rings. The van der Waals surface area contributed by atoms with Gasteiger partial charge in [0.25, 0.3) is 0 Å². The van der Waals surface area contributed by atoms with Gasteiger partial charge in [0.2, 0.25) is 5.95 Å². The summed E-state index contributed by atoms with van der Waals surface area (Å²) in [5, 5.41) is 3.38. The summed E-state index contributed by atoms with van der Waals surface area (Å²) < 4.78 is 0.329. The molecule has 0 radical (unpaired) electrons. The lowest BCUT2D eigenvalue weighted by molar-refractivity contribution is 0.633. The van der Waals surface area contributed by atoms with E-state index in [-0.39, 0.29) is 0 Å². The van der Waals surface area contributed by atoms with Gasteiger partial charge in [0.05, 0.1) is 0 Å². The zero-order chi connectivity index (χ0) is 12.3. The summed E-state index contributed by atoms with van der Waals surface area (Å²) in [6, 6.07) is 1.93. The fourth-order valence-electron chi connectivity index (χ4n) is 1.98. The molecule has 1 unspecified atom stereocenters. The van der Waals surface area contributed by atoms with E-state index in [0.717, 1.165) is 18.1 Å². The highest BCUT2D eigenvalue weighted by Crippen LogP contribution is 2.37. The number of nitrogens with two attached hydrogens (primary N) is 1. The highest BCUT2D eigenvalue weighted by atomic mass is 32.2. The average Bonchev–Trinajstić information content (AvgIpc) is 2.73. The van der Waals surface area contributed by atoms with Crippen molar-refractivity contribution < 1.29 is 0 Å². The summed E-state index contributed by atoms with van der Waals surface area (Å²) in [6.45, 7) is 5.16. The van der Waals surface area contributed by atoms with Crippen LogP contribution in [0.2, 0.25) is 0 Å². The zero-order valence-electron chi connectivity index (χ0n) is 10.3. The summed E-state index contributed by atoms with van der Waals surface area (Å²) in [5.74, 6) is 7.87. The minimum absolute atomic E-state index is 0.329. The molecular weight excluding hydrogens is 234 g/mol. The lowest BCUT2D eigenvalue weighted by Crippen LogP contribution is -2.27. The van der Waals surface area contributed by atoms with Crippen molar-refractivity contribution in [2.75, 3.05) is 23.0 Å². The van der Waals surface area contributed by atoms with Gasteiger partial charge in [-0.25, -0.2) is 10.8 Å². The Balaban J connectivity index is 2.00. The second kappa shape index (κ2) is 5.10. The van der Waals surface area contributed by atoms with Crippen molar-refractivity contribution in [2.45, 2.75) is 31.4 Å². The van der Waals surface area contributed by atoms with Crippen LogP contribution < -0.4 is 16.6 Å². The molecule has 1 atom stereocenters. The van der Waals surface area contributed by atoms with Crippen LogP contribution in [-0.2, 0) is 0 Å². The first-order chi connectivity index (χ1) is 8.11. The van der Waals surface area contributed by atoms with E-state index in [2.05, 4.69) is 27.6 Å². The molecule has 94 valence electrons. The van der Waals surface area contributed by atoms with E-state index in [1.54, 1.807) is 0 Å². The molecule has 0 spiro atoms. The van der Waals surface area contributed by atoms with Gasteiger partial charge in [-0.1, -0.05) is 0 Å². The Bertz CT molecular complexity index is 389. The molecule has 4 N–H and O–H groups in total. The fourth-order valence-corrected chi connectivity index (χ4v) is 3.22. The van der Waals surface area contributed by atoms with Gasteiger partial charge in [-0.2, -0.15) is 16.7 Å². The average molecular weight is 253 g/mol. The molecule has 0 aliphatic carbocycles. The minimum atomic E-state index is 0.329. The van der Waals surface area contributed by atoms with Crippen molar-refractivity contribution in [3.63, 3.8) is 0 Å². The van der Waals surface area contributed by atoms with E-state index in [9.17, 15) is 0 Å². The van der Waals surface area contributed by atoms with Crippen LogP contribution >= 0.6 is 11.8 Å². The maximum absolute atomic E-state index is 5.32. The largest absolute Gasteiger partial charge is 0.369 e. The highest BCUT2D eigenvalue weighted by Gasteiger charge is 2.29. The lowest BCUT2D eigenvalue weighted by atomic mass is 10.1. The van der Waals surface area contributed by atoms with E-state index in [1.807, 2.05) is 24.8 Å². The SMILES string of the molecule is Cc1cc(NCC2(C)CCCS2)nc(NN)n1. The molecule has 17 heavy (non-hydrogen) atoms. The monoisotopic (exact) mass is 253 g/mol. The Morgan fingerprint density at radius 2 is 2.35 bits per heavy atom. The number of hydrazine groups is 1. The molecule has 1 aromatic rings. The molecule has 0 amide bonds. The Hall–Kier alpha value is -1.01. The van der Waals surface area contributed by atoms with Crippen molar-refractivity contribution in [1.82, 2.24) is 9.97 Å². The van der Waals surface area contributed by atoms with Crippen molar-refractivity contribution in [3.05, 3.63) is 11.8 Å². The third-order valence-electron chi connectivity index (χ3n) is 2.93. The summed E-state index contributed by atoms with van der Waals surface area (Å²) in [7, 11) is 0. The third kappa shape index (κ3) is 3.23. The molecule has 1 aromatic heterocycles. The smallest absolute Gasteiger partial charge is 0.239 e. The first-order valence-corrected chi connectivity index (χ1v) is 6.80. The molecule has 1 aliphatic rings. The number of aryl methyl sites for hydroxylation is 1. The number of thioether (sulfide) groups is 1.